The van der Waals surface area contributed by atoms with E-state index in [-0.39, 0.29) is 18.2 Å². The molecule has 4 rings (SSSR count). The maximum atomic E-state index is 12.9. The van der Waals surface area contributed by atoms with Crippen molar-refractivity contribution in [2.45, 2.75) is 45.3 Å². The molecule has 2 bridgehead atoms. The van der Waals surface area contributed by atoms with Gasteiger partial charge in [-0.25, -0.2) is 9.59 Å². The number of amides is 3. The number of carbonyl (C=O) groups excluding carboxylic acids is 2. The van der Waals surface area contributed by atoms with E-state index in [0.717, 1.165) is 35.0 Å². The molecule has 3 heterocycles. The lowest BCUT2D eigenvalue weighted by Crippen LogP contribution is -2.58. The predicted octanol–water partition coefficient (Wildman–Crippen LogP) is 2.78. The Balaban J connectivity index is 1.28. The average molecular weight is 501 g/mol. The smallest absolute Gasteiger partial charge is 0.410 e. The molecule has 30 heavy (non-hydrogen) atoms. The summed E-state index contributed by atoms with van der Waals surface area (Å²) in [6, 6.07) is 0.182. The number of rotatable bonds is 2. The molecule has 1 aromatic rings. The molecule has 166 valence electrons. The largest absolute Gasteiger partial charge is 0.444 e. The number of anilines is 1. The number of urea groups is 1. The van der Waals surface area contributed by atoms with Crippen LogP contribution in [0.4, 0.5) is 14.7 Å². The standard InChI is InChI=1S/C19H29BrN6O3S/c1-19(2,3)29-18(28)25-8-6-24(7-9-25)16(27)21-14-12-4-5-13(14)11-26(10-12)17-23-22-15(20)30-17/h12-14H,4-11H2,1-3H3,(H,21,27)/t12-,13+,14-. The number of piperazine rings is 1. The summed E-state index contributed by atoms with van der Waals surface area (Å²) in [4.78, 5) is 30.9. The summed E-state index contributed by atoms with van der Waals surface area (Å²) in [6.45, 7) is 9.43. The number of nitrogens with zero attached hydrogens (tertiary/aromatic N) is 5. The van der Waals surface area contributed by atoms with Crippen LogP contribution in [0.5, 0.6) is 0 Å². The van der Waals surface area contributed by atoms with E-state index in [1.54, 1.807) is 16.2 Å². The van der Waals surface area contributed by atoms with Gasteiger partial charge >= 0.3 is 12.1 Å². The third-order valence-electron chi connectivity index (χ3n) is 6.00. The topological polar surface area (TPSA) is 90.9 Å². The average Bonchev–Trinajstić information content (AvgIpc) is 3.20. The summed E-state index contributed by atoms with van der Waals surface area (Å²) in [5.74, 6) is 0.858. The van der Waals surface area contributed by atoms with Crippen molar-refractivity contribution in [3.63, 3.8) is 0 Å². The molecule has 2 aliphatic heterocycles. The van der Waals surface area contributed by atoms with Gasteiger partial charge in [-0.1, -0.05) is 11.3 Å². The number of hydrogen-bond acceptors (Lipinski definition) is 7. The first-order chi connectivity index (χ1) is 14.2. The zero-order valence-electron chi connectivity index (χ0n) is 17.6. The molecular weight excluding hydrogens is 472 g/mol. The molecule has 1 aromatic heterocycles. The summed E-state index contributed by atoms with van der Waals surface area (Å²) in [6.07, 6.45) is 1.94. The summed E-state index contributed by atoms with van der Waals surface area (Å²) < 4.78 is 6.23. The Morgan fingerprint density at radius 1 is 1.07 bits per heavy atom. The maximum absolute atomic E-state index is 12.9. The minimum Gasteiger partial charge on any atom is -0.444 e. The number of fused-ring (bicyclic) bond motifs is 2. The second kappa shape index (κ2) is 8.49. The number of piperidine rings is 1. The van der Waals surface area contributed by atoms with Gasteiger partial charge in [0.05, 0.1) is 0 Å². The van der Waals surface area contributed by atoms with Crippen LogP contribution in [0.3, 0.4) is 0 Å². The summed E-state index contributed by atoms with van der Waals surface area (Å²) >= 11 is 4.94. The fourth-order valence-corrected chi connectivity index (χ4v) is 5.70. The van der Waals surface area contributed by atoms with E-state index in [1.807, 2.05) is 25.7 Å². The van der Waals surface area contributed by atoms with E-state index >= 15 is 0 Å². The lowest BCUT2D eigenvalue weighted by atomic mass is 9.92. The molecule has 11 heteroatoms. The number of hydrogen-bond donors (Lipinski definition) is 1. The molecule has 0 radical (unpaired) electrons. The first-order valence-electron chi connectivity index (χ1n) is 10.5. The maximum Gasteiger partial charge on any atom is 0.410 e. The number of ether oxygens (including phenoxy) is 1. The van der Waals surface area contributed by atoms with Crippen molar-refractivity contribution >= 4 is 44.5 Å². The van der Waals surface area contributed by atoms with Crippen molar-refractivity contribution in [1.29, 1.82) is 0 Å². The van der Waals surface area contributed by atoms with Crippen molar-refractivity contribution < 1.29 is 14.3 Å². The van der Waals surface area contributed by atoms with Crippen LogP contribution in [0, 0.1) is 11.8 Å². The van der Waals surface area contributed by atoms with E-state index in [4.69, 9.17) is 4.74 Å². The van der Waals surface area contributed by atoms with Gasteiger partial charge in [-0.3, -0.25) is 0 Å². The van der Waals surface area contributed by atoms with E-state index in [1.165, 1.54) is 0 Å². The molecular formula is C19H29BrN6O3S. The highest BCUT2D eigenvalue weighted by molar-refractivity contribution is 9.11. The molecule has 3 amide bonds. The first kappa shape index (κ1) is 21.6. The summed E-state index contributed by atoms with van der Waals surface area (Å²) in [7, 11) is 0. The van der Waals surface area contributed by atoms with Gasteiger partial charge in [-0.15, -0.1) is 10.2 Å². The zero-order chi connectivity index (χ0) is 21.5. The molecule has 9 nitrogen and oxygen atoms in total. The van der Waals surface area contributed by atoms with Gasteiger partial charge in [0.1, 0.15) is 5.60 Å². The Morgan fingerprint density at radius 2 is 1.67 bits per heavy atom. The van der Waals surface area contributed by atoms with Crippen LogP contribution in [-0.4, -0.2) is 83.0 Å². The van der Waals surface area contributed by atoms with Crippen molar-refractivity contribution in [3.8, 4) is 0 Å². The van der Waals surface area contributed by atoms with Crippen LogP contribution in [0.1, 0.15) is 33.6 Å². The Labute approximate surface area is 189 Å². The molecule has 1 saturated carbocycles. The Hall–Kier alpha value is -1.62. The monoisotopic (exact) mass is 500 g/mol. The van der Waals surface area contributed by atoms with Crippen molar-refractivity contribution in [3.05, 3.63) is 3.92 Å². The number of carbonyl (C=O) groups is 2. The zero-order valence-corrected chi connectivity index (χ0v) is 20.0. The Kier molecular flexibility index (Phi) is 6.11. The quantitative estimate of drug-likeness (QED) is 0.671. The van der Waals surface area contributed by atoms with Gasteiger partial charge in [0.15, 0.2) is 3.92 Å². The molecule has 3 atom stereocenters. The third-order valence-corrected chi connectivity index (χ3v) is 7.42. The van der Waals surface area contributed by atoms with Crippen molar-refractivity contribution in [2.75, 3.05) is 44.2 Å². The molecule has 3 aliphatic rings. The molecule has 2 saturated heterocycles. The van der Waals surface area contributed by atoms with Gasteiger partial charge in [0.25, 0.3) is 0 Å². The molecule has 1 aliphatic carbocycles. The van der Waals surface area contributed by atoms with E-state index < -0.39 is 5.60 Å². The summed E-state index contributed by atoms with van der Waals surface area (Å²) in [5.41, 5.74) is -0.509. The minimum absolute atomic E-state index is 0.0205. The SMILES string of the molecule is CC(C)(C)OC(=O)N1CCN(C(=O)N[C@@H]2[C@@H]3CC[C@H]2CN(c2nnc(Br)s2)C3)CC1. The van der Waals surface area contributed by atoms with E-state index in [9.17, 15) is 9.59 Å². The van der Waals surface area contributed by atoms with Crippen LogP contribution in [-0.2, 0) is 4.74 Å². The molecule has 0 unspecified atom stereocenters. The third kappa shape index (κ3) is 4.82. The molecule has 0 aromatic carbocycles. The molecule has 0 spiro atoms. The normalized spacial score (nSPS) is 26.7. The van der Waals surface area contributed by atoms with Crippen LogP contribution in [0.25, 0.3) is 0 Å². The second-order valence-corrected chi connectivity index (χ2v) is 11.5. The predicted molar refractivity (Wildman–Crippen MR) is 118 cm³/mol. The van der Waals surface area contributed by atoms with Crippen LogP contribution >= 0.6 is 27.3 Å². The van der Waals surface area contributed by atoms with Gasteiger partial charge in [0, 0.05) is 45.3 Å². The molecule has 1 N–H and O–H groups in total. The minimum atomic E-state index is -0.509. The first-order valence-corrected chi connectivity index (χ1v) is 12.1. The van der Waals surface area contributed by atoms with Crippen LogP contribution in [0.15, 0.2) is 3.92 Å². The lowest BCUT2D eigenvalue weighted by Gasteiger charge is -2.40. The number of aromatic nitrogens is 2. The van der Waals surface area contributed by atoms with Crippen molar-refractivity contribution in [2.24, 2.45) is 11.8 Å². The number of nitrogens with one attached hydrogen (secondary N) is 1. The lowest BCUT2D eigenvalue weighted by molar-refractivity contribution is 0.0168. The Bertz CT molecular complexity index is 777. The second-order valence-electron chi connectivity index (χ2n) is 9.27. The Morgan fingerprint density at radius 3 is 2.20 bits per heavy atom. The van der Waals surface area contributed by atoms with Gasteiger partial charge in [0.2, 0.25) is 5.13 Å². The highest BCUT2D eigenvalue weighted by atomic mass is 79.9. The van der Waals surface area contributed by atoms with E-state index in [0.29, 0.717) is 38.0 Å². The van der Waals surface area contributed by atoms with E-state index in [2.05, 4.69) is 36.3 Å². The molecule has 3 fully saturated rings. The highest BCUT2D eigenvalue weighted by Gasteiger charge is 2.44. The summed E-state index contributed by atoms with van der Waals surface area (Å²) in [5, 5.41) is 12.5. The van der Waals surface area contributed by atoms with Gasteiger partial charge in [-0.05, 0) is 61.4 Å². The van der Waals surface area contributed by atoms with Crippen molar-refractivity contribution in [1.82, 2.24) is 25.3 Å². The number of halogens is 1. The highest BCUT2D eigenvalue weighted by Crippen LogP contribution is 2.39. The fourth-order valence-electron chi connectivity index (χ4n) is 4.59. The van der Waals surface area contributed by atoms with Crippen LogP contribution < -0.4 is 10.2 Å². The van der Waals surface area contributed by atoms with Crippen LogP contribution in [0.2, 0.25) is 0 Å². The van der Waals surface area contributed by atoms with Gasteiger partial charge in [-0.2, -0.15) is 0 Å². The van der Waals surface area contributed by atoms with Gasteiger partial charge < -0.3 is 24.8 Å². The fraction of sp³-hybridized carbons (Fsp3) is 0.789.